The molecule has 0 saturated heterocycles. The average molecular weight is 225 g/mol. The van der Waals surface area contributed by atoms with Crippen molar-refractivity contribution >= 4 is 0 Å². The first-order chi connectivity index (χ1) is 7.44. The summed E-state index contributed by atoms with van der Waals surface area (Å²) in [6, 6.07) is 4.70. The van der Waals surface area contributed by atoms with Gasteiger partial charge in [0, 0.05) is 6.42 Å². The largest absolute Gasteiger partial charge is 0.390 e. The topological polar surface area (TPSA) is 32.3 Å². The Morgan fingerprint density at radius 2 is 2.12 bits per heavy atom. The van der Waals surface area contributed by atoms with Gasteiger partial charge in [0.15, 0.2) is 0 Å². The van der Waals surface area contributed by atoms with Crippen LogP contribution in [0.1, 0.15) is 24.5 Å². The summed E-state index contributed by atoms with van der Waals surface area (Å²) in [6.07, 6.45) is 1.14. The van der Waals surface area contributed by atoms with E-state index in [-0.39, 0.29) is 5.82 Å². The van der Waals surface area contributed by atoms with Gasteiger partial charge >= 0.3 is 0 Å². The Labute approximate surface area is 96.5 Å². The summed E-state index contributed by atoms with van der Waals surface area (Å²) >= 11 is 0. The van der Waals surface area contributed by atoms with Gasteiger partial charge in [0.05, 0.1) is 5.60 Å². The van der Waals surface area contributed by atoms with E-state index in [4.69, 9.17) is 0 Å². The van der Waals surface area contributed by atoms with E-state index in [0.29, 0.717) is 12.8 Å². The molecule has 0 aliphatic carbocycles. The lowest BCUT2D eigenvalue weighted by atomic mass is 9.91. The third-order valence-electron chi connectivity index (χ3n) is 2.80. The van der Waals surface area contributed by atoms with E-state index in [2.05, 4.69) is 5.32 Å². The van der Waals surface area contributed by atoms with E-state index in [1.165, 1.54) is 12.1 Å². The maximum Gasteiger partial charge on any atom is 0.123 e. The predicted octanol–water partition coefficient (Wildman–Crippen LogP) is 2.04. The lowest BCUT2D eigenvalue weighted by molar-refractivity contribution is 0.0518. The molecule has 1 atom stereocenters. The van der Waals surface area contributed by atoms with Crippen LogP contribution in [0.15, 0.2) is 18.2 Å². The van der Waals surface area contributed by atoms with E-state index < -0.39 is 5.60 Å². The van der Waals surface area contributed by atoms with Crippen LogP contribution in [-0.2, 0) is 6.42 Å². The van der Waals surface area contributed by atoms with Gasteiger partial charge in [0.1, 0.15) is 5.82 Å². The molecule has 90 valence electrons. The Morgan fingerprint density at radius 3 is 2.75 bits per heavy atom. The highest BCUT2D eigenvalue weighted by Gasteiger charge is 2.21. The molecule has 0 bridgehead atoms. The quantitative estimate of drug-likeness (QED) is 0.803. The molecule has 0 aliphatic heterocycles. The minimum atomic E-state index is -0.790. The molecule has 0 aromatic heterocycles. The molecule has 0 radical (unpaired) electrons. The molecular weight excluding hydrogens is 205 g/mol. The standard InChI is InChI=1S/C13H20FNO/c1-10-4-5-12(14)8-11(10)9-13(2,16)6-7-15-3/h4-5,8,15-16H,6-7,9H2,1-3H3. The molecule has 0 aliphatic rings. The second-order valence-corrected chi connectivity index (χ2v) is 4.60. The van der Waals surface area contributed by atoms with Gasteiger partial charge in [-0.3, -0.25) is 0 Å². The molecule has 1 aromatic carbocycles. The smallest absolute Gasteiger partial charge is 0.123 e. The lowest BCUT2D eigenvalue weighted by Crippen LogP contribution is -2.31. The van der Waals surface area contributed by atoms with Gasteiger partial charge in [0.2, 0.25) is 0 Å². The van der Waals surface area contributed by atoms with E-state index in [1.54, 1.807) is 13.0 Å². The number of nitrogens with one attached hydrogen (secondary N) is 1. The summed E-state index contributed by atoms with van der Waals surface area (Å²) in [4.78, 5) is 0. The third kappa shape index (κ3) is 3.91. The first-order valence-electron chi connectivity index (χ1n) is 5.56. The van der Waals surface area contributed by atoms with Crippen LogP contribution in [0, 0.1) is 12.7 Å². The van der Waals surface area contributed by atoms with Crippen LogP contribution >= 0.6 is 0 Å². The van der Waals surface area contributed by atoms with Crippen molar-refractivity contribution < 1.29 is 9.50 Å². The predicted molar refractivity (Wildman–Crippen MR) is 64.0 cm³/mol. The van der Waals surface area contributed by atoms with E-state index in [1.807, 2.05) is 14.0 Å². The lowest BCUT2D eigenvalue weighted by Gasteiger charge is -2.24. The van der Waals surface area contributed by atoms with Crippen LogP contribution in [0.2, 0.25) is 0 Å². The van der Waals surface area contributed by atoms with Gasteiger partial charge < -0.3 is 10.4 Å². The van der Waals surface area contributed by atoms with Crippen LogP contribution in [-0.4, -0.2) is 24.3 Å². The Hall–Kier alpha value is -0.930. The first-order valence-corrected chi connectivity index (χ1v) is 5.56. The summed E-state index contributed by atoms with van der Waals surface area (Å²) in [7, 11) is 1.85. The average Bonchev–Trinajstić information content (AvgIpc) is 2.20. The number of hydrogen-bond donors (Lipinski definition) is 2. The summed E-state index contributed by atoms with van der Waals surface area (Å²) in [5.41, 5.74) is 1.11. The minimum absolute atomic E-state index is 0.245. The van der Waals surface area contributed by atoms with Crippen LogP contribution in [0.3, 0.4) is 0 Å². The fraction of sp³-hybridized carbons (Fsp3) is 0.538. The van der Waals surface area contributed by atoms with Crippen LogP contribution in [0.4, 0.5) is 4.39 Å². The van der Waals surface area contributed by atoms with Crippen molar-refractivity contribution in [1.29, 1.82) is 0 Å². The maximum atomic E-state index is 13.1. The Balaban J connectivity index is 2.74. The number of aryl methyl sites for hydroxylation is 1. The van der Waals surface area contributed by atoms with Gasteiger partial charge in [-0.15, -0.1) is 0 Å². The Morgan fingerprint density at radius 1 is 1.44 bits per heavy atom. The van der Waals surface area contributed by atoms with Crippen LogP contribution in [0.5, 0.6) is 0 Å². The zero-order chi connectivity index (χ0) is 12.2. The first kappa shape index (κ1) is 13.1. The molecule has 0 fully saturated rings. The molecule has 0 spiro atoms. The fourth-order valence-corrected chi connectivity index (χ4v) is 1.72. The molecule has 2 N–H and O–H groups in total. The third-order valence-corrected chi connectivity index (χ3v) is 2.80. The highest BCUT2D eigenvalue weighted by Crippen LogP contribution is 2.20. The summed E-state index contributed by atoms with van der Waals surface area (Å²) in [5.74, 6) is -0.245. The summed E-state index contributed by atoms with van der Waals surface area (Å²) in [5, 5.41) is 13.2. The van der Waals surface area contributed by atoms with Crippen molar-refractivity contribution in [2.45, 2.75) is 32.3 Å². The van der Waals surface area contributed by atoms with Gasteiger partial charge in [0.25, 0.3) is 0 Å². The van der Waals surface area contributed by atoms with E-state index in [0.717, 1.165) is 17.7 Å². The van der Waals surface area contributed by atoms with Crippen LogP contribution < -0.4 is 5.32 Å². The number of halogens is 1. The van der Waals surface area contributed by atoms with E-state index in [9.17, 15) is 9.50 Å². The summed E-state index contributed by atoms with van der Waals surface area (Å²) < 4.78 is 13.1. The molecule has 2 nitrogen and oxygen atoms in total. The second kappa shape index (κ2) is 5.41. The summed E-state index contributed by atoms with van der Waals surface area (Å²) in [6.45, 7) is 4.47. The van der Waals surface area contributed by atoms with Crippen LogP contribution in [0.25, 0.3) is 0 Å². The van der Waals surface area contributed by atoms with Crippen molar-refractivity contribution in [2.75, 3.05) is 13.6 Å². The fourth-order valence-electron chi connectivity index (χ4n) is 1.72. The molecule has 0 heterocycles. The maximum absolute atomic E-state index is 13.1. The zero-order valence-corrected chi connectivity index (χ0v) is 10.2. The molecule has 16 heavy (non-hydrogen) atoms. The molecule has 1 rings (SSSR count). The van der Waals surface area contributed by atoms with Crippen molar-refractivity contribution in [2.24, 2.45) is 0 Å². The van der Waals surface area contributed by atoms with Gasteiger partial charge in [-0.25, -0.2) is 4.39 Å². The number of hydrogen-bond acceptors (Lipinski definition) is 2. The SMILES string of the molecule is CNCCC(C)(O)Cc1cc(F)ccc1C. The molecule has 1 aromatic rings. The number of rotatable bonds is 5. The molecule has 0 amide bonds. The molecule has 3 heteroatoms. The number of aliphatic hydroxyl groups is 1. The highest BCUT2D eigenvalue weighted by molar-refractivity contribution is 5.27. The zero-order valence-electron chi connectivity index (χ0n) is 10.2. The molecule has 1 unspecified atom stereocenters. The van der Waals surface area contributed by atoms with E-state index >= 15 is 0 Å². The molecular formula is C13H20FNO. The monoisotopic (exact) mass is 225 g/mol. The normalized spacial score (nSPS) is 14.8. The second-order valence-electron chi connectivity index (χ2n) is 4.60. The minimum Gasteiger partial charge on any atom is -0.390 e. The highest BCUT2D eigenvalue weighted by atomic mass is 19.1. The van der Waals surface area contributed by atoms with Crippen molar-refractivity contribution in [3.8, 4) is 0 Å². The van der Waals surface area contributed by atoms with Gasteiger partial charge in [-0.1, -0.05) is 6.07 Å². The van der Waals surface area contributed by atoms with Gasteiger partial charge in [-0.05, 0) is 57.1 Å². The Kier molecular flexibility index (Phi) is 4.44. The van der Waals surface area contributed by atoms with Crippen molar-refractivity contribution in [1.82, 2.24) is 5.32 Å². The van der Waals surface area contributed by atoms with Gasteiger partial charge in [-0.2, -0.15) is 0 Å². The Bertz CT molecular complexity index is 350. The van der Waals surface area contributed by atoms with Crippen molar-refractivity contribution in [3.05, 3.63) is 35.1 Å². The number of benzene rings is 1. The van der Waals surface area contributed by atoms with Crippen molar-refractivity contribution in [3.63, 3.8) is 0 Å². The molecule has 0 saturated carbocycles.